The standard InChI is InChI=1S/C10H6ClNO2/c11-9-7(4-2-6-12)3-1-5-8(9)10(13)14/h1-5H,(H,13,14). The van der Waals surface area contributed by atoms with Gasteiger partial charge in [-0.3, -0.25) is 0 Å². The molecule has 0 aliphatic rings. The Morgan fingerprint density at radius 2 is 2.29 bits per heavy atom. The van der Waals surface area contributed by atoms with E-state index in [1.54, 1.807) is 18.2 Å². The van der Waals surface area contributed by atoms with Crippen molar-refractivity contribution in [3.63, 3.8) is 0 Å². The highest BCUT2D eigenvalue weighted by Crippen LogP contribution is 2.22. The fraction of sp³-hybridized carbons (Fsp3) is 0. The molecule has 1 aromatic carbocycles. The van der Waals surface area contributed by atoms with Crippen molar-refractivity contribution < 1.29 is 9.90 Å². The van der Waals surface area contributed by atoms with Gasteiger partial charge >= 0.3 is 5.97 Å². The van der Waals surface area contributed by atoms with Crippen LogP contribution in [0.25, 0.3) is 6.08 Å². The molecule has 0 aromatic heterocycles. The van der Waals surface area contributed by atoms with E-state index in [9.17, 15) is 4.79 Å². The van der Waals surface area contributed by atoms with Gasteiger partial charge in [0.1, 0.15) is 0 Å². The van der Waals surface area contributed by atoms with E-state index in [0.29, 0.717) is 5.56 Å². The first-order chi connectivity index (χ1) is 6.66. The maximum absolute atomic E-state index is 10.7. The zero-order chi connectivity index (χ0) is 10.6. The molecule has 0 unspecified atom stereocenters. The lowest BCUT2D eigenvalue weighted by molar-refractivity contribution is 0.0697. The summed E-state index contributed by atoms with van der Waals surface area (Å²) in [6.07, 6.45) is 2.71. The molecule has 1 aromatic rings. The summed E-state index contributed by atoms with van der Waals surface area (Å²) in [5.74, 6) is -1.08. The first-order valence-corrected chi connectivity index (χ1v) is 4.12. The molecule has 0 spiro atoms. The summed E-state index contributed by atoms with van der Waals surface area (Å²) in [4.78, 5) is 10.7. The number of carboxylic acids is 1. The molecule has 0 saturated heterocycles. The van der Waals surface area contributed by atoms with E-state index in [4.69, 9.17) is 22.0 Å². The van der Waals surface area contributed by atoms with Crippen LogP contribution in [0.15, 0.2) is 24.3 Å². The van der Waals surface area contributed by atoms with E-state index in [-0.39, 0.29) is 10.6 Å². The van der Waals surface area contributed by atoms with Crippen molar-refractivity contribution in [2.75, 3.05) is 0 Å². The predicted octanol–water partition coefficient (Wildman–Crippen LogP) is 2.57. The number of hydrogen-bond donors (Lipinski definition) is 1. The highest BCUT2D eigenvalue weighted by molar-refractivity contribution is 6.34. The van der Waals surface area contributed by atoms with Crippen LogP contribution in [-0.4, -0.2) is 11.1 Å². The van der Waals surface area contributed by atoms with Gasteiger partial charge in [-0.2, -0.15) is 5.26 Å². The van der Waals surface area contributed by atoms with E-state index in [1.165, 1.54) is 18.2 Å². The van der Waals surface area contributed by atoms with Crippen LogP contribution >= 0.6 is 11.6 Å². The van der Waals surface area contributed by atoms with Crippen LogP contribution in [0, 0.1) is 11.3 Å². The van der Waals surface area contributed by atoms with E-state index >= 15 is 0 Å². The number of hydrogen-bond acceptors (Lipinski definition) is 2. The molecule has 3 nitrogen and oxygen atoms in total. The summed E-state index contributed by atoms with van der Waals surface area (Å²) in [5.41, 5.74) is 0.555. The lowest BCUT2D eigenvalue weighted by Crippen LogP contribution is -1.97. The molecule has 4 heteroatoms. The normalized spacial score (nSPS) is 10.0. The van der Waals surface area contributed by atoms with Crippen molar-refractivity contribution in [1.82, 2.24) is 0 Å². The minimum atomic E-state index is -1.08. The Hall–Kier alpha value is -1.79. The Kier molecular flexibility index (Phi) is 3.27. The van der Waals surface area contributed by atoms with Gasteiger partial charge in [0, 0.05) is 6.08 Å². The fourth-order valence-electron chi connectivity index (χ4n) is 0.971. The maximum Gasteiger partial charge on any atom is 0.337 e. The highest BCUT2D eigenvalue weighted by atomic mass is 35.5. The van der Waals surface area contributed by atoms with Gasteiger partial charge in [-0.1, -0.05) is 23.7 Å². The lowest BCUT2D eigenvalue weighted by Gasteiger charge is -2.01. The fourth-order valence-corrected chi connectivity index (χ4v) is 1.24. The minimum absolute atomic E-state index is 0.0340. The average Bonchev–Trinajstić information content (AvgIpc) is 2.16. The third kappa shape index (κ3) is 2.12. The number of carbonyl (C=O) groups is 1. The zero-order valence-electron chi connectivity index (χ0n) is 7.07. The van der Waals surface area contributed by atoms with Crippen LogP contribution in [-0.2, 0) is 0 Å². The van der Waals surface area contributed by atoms with Crippen molar-refractivity contribution >= 4 is 23.6 Å². The first-order valence-electron chi connectivity index (χ1n) is 3.75. The van der Waals surface area contributed by atoms with Crippen molar-refractivity contribution in [3.05, 3.63) is 40.4 Å². The Labute approximate surface area is 85.9 Å². The number of rotatable bonds is 2. The second-order valence-electron chi connectivity index (χ2n) is 2.48. The number of nitrogens with zero attached hydrogens (tertiary/aromatic N) is 1. The molecular weight excluding hydrogens is 202 g/mol. The SMILES string of the molecule is N#CC=Cc1cccc(C(=O)O)c1Cl. The number of benzene rings is 1. The quantitative estimate of drug-likeness (QED) is 0.759. The molecule has 1 N–H and O–H groups in total. The highest BCUT2D eigenvalue weighted by Gasteiger charge is 2.09. The summed E-state index contributed by atoms with van der Waals surface area (Å²) in [7, 11) is 0. The van der Waals surface area contributed by atoms with Crippen LogP contribution in [0.5, 0.6) is 0 Å². The zero-order valence-corrected chi connectivity index (χ0v) is 7.82. The molecule has 0 amide bonds. The van der Waals surface area contributed by atoms with Crippen LogP contribution < -0.4 is 0 Å². The smallest absolute Gasteiger partial charge is 0.337 e. The van der Waals surface area contributed by atoms with Gasteiger partial charge < -0.3 is 5.11 Å². The van der Waals surface area contributed by atoms with Gasteiger partial charge in [-0.15, -0.1) is 0 Å². The largest absolute Gasteiger partial charge is 0.478 e. The monoisotopic (exact) mass is 207 g/mol. The molecule has 0 radical (unpaired) electrons. The van der Waals surface area contributed by atoms with Crippen LogP contribution in [0.3, 0.4) is 0 Å². The van der Waals surface area contributed by atoms with E-state index in [0.717, 1.165) is 0 Å². The van der Waals surface area contributed by atoms with Gasteiger partial charge in [0.25, 0.3) is 0 Å². The van der Waals surface area contributed by atoms with Crippen LogP contribution in [0.2, 0.25) is 5.02 Å². The molecule has 0 atom stereocenters. The summed E-state index contributed by atoms with van der Waals surface area (Å²) in [5, 5.41) is 17.2. The third-order valence-corrected chi connectivity index (χ3v) is 2.02. The third-order valence-electron chi connectivity index (χ3n) is 1.60. The van der Waals surface area contributed by atoms with Crippen LogP contribution in [0.4, 0.5) is 0 Å². The van der Waals surface area contributed by atoms with Gasteiger partial charge in [-0.25, -0.2) is 4.79 Å². The molecular formula is C10H6ClNO2. The molecule has 14 heavy (non-hydrogen) atoms. The Balaban J connectivity index is 3.22. The second-order valence-corrected chi connectivity index (χ2v) is 2.85. The summed E-state index contributed by atoms with van der Waals surface area (Å²) < 4.78 is 0. The molecule has 70 valence electrons. The van der Waals surface area contributed by atoms with E-state index in [2.05, 4.69) is 0 Å². The summed E-state index contributed by atoms with van der Waals surface area (Å²) in [6.45, 7) is 0. The molecule has 1 rings (SSSR count). The van der Waals surface area contributed by atoms with Crippen LogP contribution in [0.1, 0.15) is 15.9 Å². The molecule has 0 saturated carbocycles. The molecule has 0 aliphatic carbocycles. The van der Waals surface area contributed by atoms with E-state index < -0.39 is 5.97 Å². The van der Waals surface area contributed by atoms with Crippen molar-refractivity contribution in [3.8, 4) is 6.07 Å². The number of aromatic carboxylic acids is 1. The summed E-state index contributed by atoms with van der Waals surface area (Å²) >= 11 is 5.80. The first kappa shape index (κ1) is 10.3. The number of halogens is 1. The van der Waals surface area contributed by atoms with Gasteiger partial charge in [0.05, 0.1) is 16.7 Å². The van der Waals surface area contributed by atoms with Crippen molar-refractivity contribution in [1.29, 1.82) is 5.26 Å². The number of allylic oxidation sites excluding steroid dienone is 1. The second kappa shape index (κ2) is 4.45. The number of carboxylic acid groups (broad SMARTS) is 1. The maximum atomic E-state index is 10.7. The summed E-state index contributed by atoms with van der Waals surface area (Å²) in [6, 6.07) is 6.43. The minimum Gasteiger partial charge on any atom is -0.478 e. The van der Waals surface area contributed by atoms with Gasteiger partial charge in [0.15, 0.2) is 0 Å². The molecule has 0 heterocycles. The van der Waals surface area contributed by atoms with E-state index in [1.807, 2.05) is 0 Å². The Morgan fingerprint density at radius 1 is 1.57 bits per heavy atom. The number of nitriles is 1. The van der Waals surface area contributed by atoms with Crippen molar-refractivity contribution in [2.24, 2.45) is 0 Å². The Morgan fingerprint density at radius 3 is 2.86 bits per heavy atom. The molecule has 0 fully saturated rings. The average molecular weight is 208 g/mol. The predicted molar refractivity (Wildman–Crippen MR) is 53.1 cm³/mol. The lowest BCUT2D eigenvalue weighted by atomic mass is 10.1. The van der Waals surface area contributed by atoms with Crippen molar-refractivity contribution in [2.45, 2.75) is 0 Å². The van der Waals surface area contributed by atoms with Gasteiger partial charge in [0.2, 0.25) is 0 Å². The topological polar surface area (TPSA) is 61.1 Å². The molecule has 0 bridgehead atoms. The molecule has 0 aliphatic heterocycles. The Bertz CT molecular complexity index is 432. The van der Waals surface area contributed by atoms with Gasteiger partial charge in [-0.05, 0) is 17.7 Å².